The van der Waals surface area contributed by atoms with E-state index in [9.17, 15) is 0 Å². The normalized spacial score (nSPS) is 32.7. The van der Waals surface area contributed by atoms with Crippen molar-refractivity contribution in [2.45, 2.75) is 69.6 Å². The Morgan fingerprint density at radius 2 is 1.78 bits per heavy atom. The van der Waals surface area contributed by atoms with Gasteiger partial charge < -0.3 is 14.8 Å². The molecule has 0 aromatic carbocycles. The number of nitrogens with one attached hydrogen (secondary N) is 1. The molecule has 104 valence electrons. The minimum atomic E-state index is 0.119. The van der Waals surface area contributed by atoms with Crippen molar-refractivity contribution in [3.63, 3.8) is 0 Å². The van der Waals surface area contributed by atoms with Gasteiger partial charge in [-0.25, -0.2) is 0 Å². The van der Waals surface area contributed by atoms with Gasteiger partial charge in [-0.1, -0.05) is 0 Å². The zero-order chi connectivity index (χ0) is 12.6. The van der Waals surface area contributed by atoms with Gasteiger partial charge in [-0.3, -0.25) is 0 Å². The standard InChI is InChI=1S/C15H27NO2/c1-14(2,12-3-4-12)16-13-5-8-18-15(11-13)6-9-17-10-7-15/h12-13,16H,3-11H2,1-2H3. The molecule has 3 nitrogen and oxygen atoms in total. The molecule has 2 heterocycles. The van der Waals surface area contributed by atoms with E-state index in [1.54, 1.807) is 0 Å². The predicted octanol–water partition coefficient (Wildman–Crippen LogP) is 2.49. The fraction of sp³-hybridized carbons (Fsp3) is 1.00. The van der Waals surface area contributed by atoms with Crippen LogP contribution in [0.25, 0.3) is 0 Å². The molecule has 0 radical (unpaired) electrons. The summed E-state index contributed by atoms with van der Waals surface area (Å²) in [5, 5.41) is 3.91. The molecule has 1 unspecified atom stereocenters. The number of hydrogen-bond donors (Lipinski definition) is 1. The molecular formula is C15H27NO2. The molecule has 1 spiro atoms. The molecule has 3 aliphatic rings. The van der Waals surface area contributed by atoms with Crippen LogP contribution in [0.2, 0.25) is 0 Å². The van der Waals surface area contributed by atoms with E-state index >= 15 is 0 Å². The van der Waals surface area contributed by atoms with E-state index in [-0.39, 0.29) is 5.60 Å². The minimum Gasteiger partial charge on any atom is -0.381 e. The van der Waals surface area contributed by atoms with Crippen LogP contribution in [0.4, 0.5) is 0 Å². The molecule has 0 amide bonds. The summed E-state index contributed by atoms with van der Waals surface area (Å²) in [6.07, 6.45) is 7.31. The molecule has 3 fully saturated rings. The zero-order valence-corrected chi connectivity index (χ0v) is 11.8. The van der Waals surface area contributed by atoms with Crippen molar-refractivity contribution < 1.29 is 9.47 Å². The predicted molar refractivity (Wildman–Crippen MR) is 71.7 cm³/mol. The van der Waals surface area contributed by atoms with E-state index in [1.165, 1.54) is 25.7 Å². The second-order valence-electron chi connectivity index (χ2n) is 6.97. The van der Waals surface area contributed by atoms with E-state index in [2.05, 4.69) is 19.2 Å². The van der Waals surface area contributed by atoms with Gasteiger partial charge in [0.25, 0.3) is 0 Å². The van der Waals surface area contributed by atoms with Gasteiger partial charge in [0.2, 0.25) is 0 Å². The van der Waals surface area contributed by atoms with Crippen molar-refractivity contribution in [2.24, 2.45) is 5.92 Å². The highest BCUT2D eigenvalue weighted by atomic mass is 16.5. The quantitative estimate of drug-likeness (QED) is 0.838. The Morgan fingerprint density at radius 3 is 2.44 bits per heavy atom. The van der Waals surface area contributed by atoms with Crippen LogP contribution >= 0.6 is 0 Å². The smallest absolute Gasteiger partial charge is 0.0741 e. The van der Waals surface area contributed by atoms with Crippen molar-refractivity contribution in [1.29, 1.82) is 0 Å². The molecule has 2 saturated heterocycles. The lowest BCUT2D eigenvalue weighted by atomic mass is 9.83. The second kappa shape index (κ2) is 4.77. The molecule has 0 aromatic heterocycles. The molecule has 0 bridgehead atoms. The molecule has 1 aliphatic carbocycles. The summed E-state index contributed by atoms with van der Waals surface area (Å²) in [5.41, 5.74) is 0.433. The molecular weight excluding hydrogens is 226 g/mol. The van der Waals surface area contributed by atoms with Crippen LogP contribution in [0, 0.1) is 5.92 Å². The molecule has 0 aromatic rings. The van der Waals surface area contributed by atoms with E-state index < -0.39 is 0 Å². The average Bonchev–Trinajstić information content (AvgIpc) is 3.13. The lowest BCUT2D eigenvalue weighted by Crippen LogP contribution is -2.55. The zero-order valence-electron chi connectivity index (χ0n) is 11.8. The summed E-state index contributed by atoms with van der Waals surface area (Å²) >= 11 is 0. The lowest BCUT2D eigenvalue weighted by Gasteiger charge is -2.45. The van der Waals surface area contributed by atoms with Gasteiger partial charge in [-0.2, -0.15) is 0 Å². The second-order valence-corrected chi connectivity index (χ2v) is 6.97. The summed E-state index contributed by atoms with van der Waals surface area (Å²) in [5.74, 6) is 0.894. The van der Waals surface area contributed by atoms with Crippen molar-refractivity contribution >= 4 is 0 Å². The Kier molecular flexibility index (Phi) is 3.41. The summed E-state index contributed by atoms with van der Waals surface area (Å²) < 4.78 is 11.6. The first-order valence-corrected chi connectivity index (χ1v) is 7.59. The monoisotopic (exact) mass is 253 g/mol. The maximum Gasteiger partial charge on any atom is 0.0741 e. The van der Waals surface area contributed by atoms with Crippen LogP contribution in [-0.4, -0.2) is 37.0 Å². The van der Waals surface area contributed by atoms with Crippen LogP contribution in [0.5, 0.6) is 0 Å². The first-order chi connectivity index (χ1) is 8.60. The van der Waals surface area contributed by atoms with Crippen LogP contribution in [0.3, 0.4) is 0 Å². The third-order valence-corrected chi connectivity index (χ3v) is 5.07. The highest BCUT2D eigenvalue weighted by Gasteiger charge is 2.43. The van der Waals surface area contributed by atoms with Crippen molar-refractivity contribution in [3.8, 4) is 0 Å². The Hall–Kier alpha value is -0.120. The number of hydrogen-bond acceptors (Lipinski definition) is 3. The minimum absolute atomic E-state index is 0.119. The summed E-state index contributed by atoms with van der Waals surface area (Å²) in [6.45, 7) is 7.41. The van der Waals surface area contributed by atoms with Gasteiger partial charge in [0.05, 0.1) is 5.60 Å². The Bertz CT molecular complexity index is 287. The third-order valence-electron chi connectivity index (χ3n) is 5.07. The van der Waals surface area contributed by atoms with Crippen molar-refractivity contribution in [2.75, 3.05) is 19.8 Å². The Morgan fingerprint density at radius 1 is 1.06 bits per heavy atom. The van der Waals surface area contributed by atoms with Crippen LogP contribution in [-0.2, 0) is 9.47 Å². The molecule has 2 aliphatic heterocycles. The van der Waals surface area contributed by atoms with Gasteiger partial charge in [0.15, 0.2) is 0 Å². The fourth-order valence-electron chi connectivity index (χ4n) is 3.69. The Labute approximate surface area is 111 Å². The molecule has 1 atom stereocenters. The van der Waals surface area contributed by atoms with Crippen molar-refractivity contribution in [1.82, 2.24) is 5.32 Å². The fourth-order valence-corrected chi connectivity index (χ4v) is 3.69. The lowest BCUT2D eigenvalue weighted by molar-refractivity contribution is -0.142. The summed E-state index contributed by atoms with van der Waals surface area (Å²) in [6, 6.07) is 0.632. The van der Waals surface area contributed by atoms with E-state index in [4.69, 9.17) is 9.47 Å². The van der Waals surface area contributed by atoms with Gasteiger partial charge in [-0.05, 0) is 58.3 Å². The van der Waals surface area contributed by atoms with E-state index in [0.717, 1.165) is 38.6 Å². The van der Waals surface area contributed by atoms with Crippen LogP contribution in [0.15, 0.2) is 0 Å². The van der Waals surface area contributed by atoms with Gasteiger partial charge in [0, 0.05) is 31.4 Å². The van der Waals surface area contributed by atoms with Gasteiger partial charge in [0.1, 0.15) is 0 Å². The van der Waals surface area contributed by atoms with Crippen molar-refractivity contribution in [3.05, 3.63) is 0 Å². The summed E-state index contributed by atoms with van der Waals surface area (Å²) in [4.78, 5) is 0. The Balaban J connectivity index is 1.59. The maximum atomic E-state index is 6.11. The molecule has 3 heteroatoms. The van der Waals surface area contributed by atoms with E-state index in [1.807, 2.05) is 0 Å². The third kappa shape index (κ3) is 2.73. The molecule has 18 heavy (non-hydrogen) atoms. The molecule has 1 saturated carbocycles. The number of rotatable bonds is 3. The van der Waals surface area contributed by atoms with Crippen LogP contribution in [0.1, 0.15) is 52.4 Å². The maximum absolute atomic E-state index is 6.11. The van der Waals surface area contributed by atoms with Gasteiger partial charge in [-0.15, -0.1) is 0 Å². The SMILES string of the molecule is CC(C)(NC1CCOC2(CCOCC2)C1)C1CC1. The summed E-state index contributed by atoms with van der Waals surface area (Å²) in [7, 11) is 0. The van der Waals surface area contributed by atoms with Gasteiger partial charge >= 0.3 is 0 Å². The average molecular weight is 253 g/mol. The first kappa shape index (κ1) is 12.9. The topological polar surface area (TPSA) is 30.5 Å². The molecule has 1 N–H and O–H groups in total. The highest BCUT2D eigenvalue weighted by Crippen LogP contribution is 2.41. The largest absolute Gasteiger partial charge is 0.381 e. The molecule has 3 rings (SSSR count). The number of ether oxygens (including phenoxy) is 2. The first-order valence-electron chi connectivity index (χ1n) is 7.59. The highest BCUT2D eigenvalue weighted by molar-refractivity contribution is 4.99. The van der Waals surface area contributed by atoms with Crippen LogP contribution < -0.4 is 5.32 Å². The van der Waals surface area contributed by atoms with E-state index in [0.29, 0.717) is 11.6 Å².